The highest BCUT2D eigenvalue weighted by molar-refractivity contribution is 9.10. The van der Waals surface area contributed by atoms with E-state index in [1.807, 2.05) is 13.8 Å². The highest BCUT2D eigenvalue weighted by atomic mass is 79.9. The number of benzene rings is 1. The van der Waals surface area contributed by atoms with Gasteiger partial charge in [-0.25, -0.2) is 4.39 Å². The molecule has 0 aliphatic carbocycles. The molecule has 2 nitrogen and oxygen atoms in total. The highest BCUT2D eigenvalue weighted by Crippen LogP contribution is 2.16. The lowest BCUT2D eigenvalue weighted by Crippen LogP contribution is -2.25. The van der Waals surface area contributed by atoms with E-state index in [0.717, 1.165) is 4.47 Å². The summed E-state index contributed by atoms with van der Waals surface area (Å²) in [4.78, 5) is 11.6. The molecule has 0 atom stereocenters. The molecule has 94 valence electrons. The molecule has 0 saturated heterocycles. The van der Waals surface area contributed by atoms with E-state index in [9.17, 15) is 9.18 Å². The summed E-state index contributed by atoms with van der Waals surface area (Å²) in [5.41, 5.74) is 0.453. The second-order valence-electron chi connectivity index (χ2n) is 4.31. The van der Waals surface area contributed by atoms with Crippen LogP contribution in [0.1, 0.15) is 25.8 Å². The van der Waals surface area contributed by atoms with Gasteiger partial charge in [-0.15, -0.1) is 0 Å². The molecular weight excluding hydrogens is 285 g/mol. The predicted octanol–water partition coefficient (Wildman–Crippen LogP) is 3.09. The van der Waals surface area contributed by atoms with Gasteiger partial charge in [0.05, 0.1) is 0 Å². The molecule has 0 heterocycles. The van der Waals surface area contributed by atoms with Gasteiger partial charge in [-0.3, -0.25) is 4.79 Å². The minimum atomic E-state index is -0.321. The Labute approximate surface area is 110 Å². The first-order valence-corrected chi connectivity index (χ1v) is 6.47. The first-order valence-electron chi connectivity index (χ1n) is 5.68. The van der Waals surface area contributed by atoms with Gasteiger partial charge in [-0.1, -0.05) is 29.8 Å². The van der Waals surface area contributed by atoms with Crippen LogP contribution in [0.5, 0.6) is 0 Å². The second-order valence-corrected chi connectivity index (χ2v) is 5.23. The normalized spacial score (nSPS) is 10.9. The summed E-state index contributed by atoms with van der Waals surface area (Å²) in [6.07, 6.45) is 0.592. The summed E-state index contributed by atoms with van der Waals surface area (Å²) in [6, 6.07) is 5.02. The molecule has 0 aliphatic heterocycles. The Kier molecular flexibility index (Phi) is 5.78. The molecule has 0 unspecified atom stereocenters. The molecule has 0 amide bonds. The van der Waals surface area contributed by atoms with Crippen molar-refractivity contribution < 1.29 is 9.18 Å². The number of hydrogen-bond donors (Lipinski definition) is 1. The number of nitrogens with one attached hydrogen (secondary N) is 1. The Hall–Kier alpha value is -0.740. The van der Waals surface area contributed by atoms with Gasteiger partial charge in [0.15, 0.2) is 0 Å². The molecule has 1 aromatic rings. The van der Waals surface area contributed by atoms with E-state index in [2.05, 4.69) is 21.2 Å². The molecule has 0 radical (unpaired) electrons. The zero-order valence-corrected chi connectivity index (χ0v) is 11.7. The average Bonchev–Trinajstić information content (AvgIpc) is 2.23. The van der Waals surface area contributed by atoms with Crippen LogP contribution in [-0.2, 0) is 11.2 Å². The predicted molar refractivity (Wildman–Crippen MR) is 70.6 cm³/mol. The van der Waals surface area contributed by atoms with Crippen molar-refractivity contribution in [2.45, 2.75) is 32.7 Å². The molecule has 0 bridgehead atoms. The Morgan fingerprint density at radius 3 is 2.82 bits per heavy atom. The van der Waals surface area contributed by atoms with Crippen molar-refractivity contribution in [2.75, 3.05) is 6.54 Å². The first-order chi connectivity index (χ1) is 7.99. The topological polar surface area (TPSA) is 29.1 Å². The van der Waals surface area contributed by atoms with Crippen LogP contribution in [0.25, 0.3) is 0 Å². The van der Waals surface area contributed by atoms with Crippen LogP contribution in [0.3, 0.4) is 0 Å². The fraction of sp³-hybridized carbons (Fsp3) is 0.462. The summed E-state index contributed by atoms with van der Waals surface area (Å²) >= 11 is 3.27. The van der Waals surface area contributed by atoms with Crippen molar-refractivity contribution >= 4 is 21.7 Å². The van der Waals surface area contributed by atoms with Crippen LogP contribution in [0.2, 0.25) is 0 Å². The van der Waals surface area contributed by atoms with E-state index < -0.39 is 0 Å². The number of carbonyl (C=O) groups excluding carboxylic acids is 1. The van der Waals surface area contributed by atoms with Gasteiger partial charge in [0, 0.05) is 29.9 Å². The average molecular weight is 302 g/mol. The van der Waals surface area contributed by atoms with E-state index in [4.69, 9.17) is 0 Å². The van der Waals surface area contributed by atoms with Crippen molar-refractivity contribution in [1.82, 2.24) is 5.32 Å². The lowest BCUT2D eigenvalue weighted by molar-refractivity contribution is -0.118. The standard InChI is InChI=1S/C13H17BrFNO/c1-9(2)16-6-5-12(17)8-10-7-11(14)3-4-13(10)15/h3-4,7,9,16H,5-6,8H2,1-2H3. The minimum Gasteiger partial charge on any atom is -0.314 e. The van der Waals surface area contributed by atoms with Crippen molar-refractivity contribution in [2.24, 2.45) is 0 Å². The number of halogens is 2. The van der Waals surface area contributed by atoms with Crippen LogP contribution in [-0.4, -0.2) is 18.4 Å². The van der Waals surface area contributed by atoms with Gasteiger partial charge in [-0.05, 0) is 23.8 Å². The Morgan fingerprint density at radius 2 is 2.18 bits per heavy atom. The van der Waals surface area contributed by atoms with E-state index in [0.29, 0.717) is 24.6 Å². The van der Waals surface area contributed by atoms with Crippen LogP contribution in [0.15, 0.2) is 22.7 Å². The Balaban J connectivity index is 2.47. The zero-order valence-electron chi connectivity index (χ0n) is 10.1. The summed E-state index contributed by atoms with van der Waals surface area (Å²) in [5, 5.41) is 3.16. The summed E-state index contributed by atoms with van der Waals surface area (Å²) in [5.74, 6) is -0.270. The zero-order chi connectivity index (χ0) is 12.8. The maximum atomic E-state index is 13.4. The molecule has 0 spiro atoms. The monoisotopic (exact) mass is 301 g/mol. The number of Topliss-reactive ketones (excluding diaryl/α,β-unsaturated/α-hetero) is 1. The van der Waals surface area contributed by atoms with Crippen molar-refractivity contribution in [3.63, 3.8) is 0 Å². The molecule has 17 heavy (non-hydrogen) atoms. The number of hydrogen-bond acceptors (Lipinski definition) is 2. The van der Waals surface area contributed by atoms with Crippen LogP contribution >= 0.6 is 15.9 Å². The van der Waals surface area contributed by atoms with Crippen molar-refractivity contribution in [3.8, 4) is 0 Å². The Morgan fingerprint density at radius 1 is 1.47 bits per heavy atom. The molecule has 1 aromatic carbocycles. The van der Waals surface area contributed by atoms with Gasteiger partial charge in [0.2, 0.25) is 0 Å². The third-order valence-corrected chi connectivity index (χ3v) is 2.85. The van der Waals surface area contributed by atoms with Crippen LogP contribution < -0.4 is 5.32 Å². The number of carbonyl (C=O) groups is 1. The lowest BCUT2D eigenvalue weighted by atomic mass is 10.1. The first kappa shape index (κ1) is 14.3. The quantitative estimate of drug-likeness (QED) is 0.875. The fourth-order valence-corrected chi connectivity index (χ4v) is 1.89. The van der Waals surface area contributed by atoms with Gasteiger partial charge < -0.3 is 5.32 Å². The van der Waals surface area contributed by atoms with Crippen molar-refractivity contribution in [1.29, 1.82) is 0 Å². The molecular formula is C13H17BrFNO. The van der Waals surface area contributed by atoms with Gasteiger partial charge in [0.25, 0.3) is 0 Å². The van der Waals surface area contributed by atoms with Gasteiger partial charge in [0.1, 0.15) is 11.6 Å². The van der Waals surface area contributed by atoms with Gasteiger partial charge in [-0.2, -0.15) is 0 Å². The molecule has 1 N–H and O–H groups in total. The van der Waals surface area contributed by atoms with E-state index >= 15 is 0 Å². The van der Waals surface area contributed by atoms with Crippen molar-refractivity contribution in [3.05, 3.63) is 34.1 Å². The lowest BCUT2D eigenvalue weighted by Gasteiger charge is -2.07. The SMILES string of the molecule is CC(C)NCCC(=O)Cc1cc(Br)ccc1F. The molecule has 1 rings (SSSR count). The van der Waals surface area contributed by atoms with E-state index in [-0.39, 0.29) is 18.0 Å². The molecule has 0 aromatic heterocycles. The van der Waals surface area contributed by atoms with Crippen LogP contribution in [0, 0.1) is 5.82 Å². The molecule has 0 fully saturated rings. The maximum Gasteiger partial charge on any atom is 0.138 e. The molecule has 4 heteroatoms. The summed E-state index contributed by atoms with van der Waals surface area (Å²) in [6.45, 7) is 4.70. The maximum absolute atomic E-state index is 13.4. The fourth-order valence-electron chi connectivity index (χ4n) is 1.48. The second kappa shape index (κ2) is 6.87. The largest absolute Gasteiger partial charge is 0.314 e. The Bertz CT molecular complexity index is 393. The van der Waals surface area contributed by atoms with E-state index in [1.54, 1.807) is 12.1 Å². The van der Waals surface area contributed by atoms with Crippen LogP contribution in [0.4, 0.5) is 4.39 Å². The minimum absolute atomic E-state index is 0.0511. The van der Waals surface area contributed by atoms with E-state index in [1.165, 1.54) is 6.07 Å². The third kappa shape index (κ3) is 5.41. The molecule has 0 aliphatic rings. The highest BCUT2D eigenvalue weighted by Gasteiger charge is 2.08. The smallest absolute Gasteiger partial charge is 0.138 e. The van der Waals surface area contributed by atoms with Gasteiger partial charge >= 0.3 is 0 Å². The third-order valence-electron chi connectivity index (χ3n) is 2.35. The number of ketones is 1. The summed E-state index contributed by atoms with van der Waals surface area (Å²) in [7, 11) is 0. The molecule has 0 saturated carbocycles. The summed E-state index contributed by atoms with van der Waals surface area (Å²) < 4.78 is 14.2. The number of rotatable bonds is 6.